The number of anilines is 1. The fourth-order valence-corrected chi connectivity index (χ4v) is 4.35. The molecule has 0 N–H and O–H groups in total. The molecule has 1 amide bonds. The number of rotatable bonds is 5. The Morgan fingerprint density at radius 3 is 2.19 bits per heavy atom. The third-order valence-electron chi connectivity index (χ3n) is 6.47. The molecule has 166 valence electrons. The highest BCUT2D eigenvalue weighted by atomic mass is 16.2. The van der Waals surface area contributed by atoms with E-state index in [2.05, 4.69) is 62.1 Å². The largest absolute Gasteiger partial charge is 0.353 e. The molecule has 1 atom stereocenters. The molecule has 2 heterocycles. The van der Waals surface area contributed by atoms with E-state index in [9.17, 15) is 4.79 Å². The van der Waals surface area contributed by atoms with Gasteiger partial charge < -0.3 is 9.80 Å². The Bertz CT molecular complexity index is 1070. The van der Waals surface area contributed by atoms with Crippen molar-refractivity contribution in [1.82, 2.24) is 14.9 Å². The molecule has 0 bridgehead atoms. The van der Waals surface area contributed by atoms with Gasteiger partial charge in [-0.25, -0.2) is 9.97 Å². The van der Waals surface area contributed by atoms with Crippen LogP contribution in [0.4, 0.5) is 5.82 Å². The maximum absolute atomic E-state index is 13.2. The minimum Gasteiger partial charge on any atom is -0.353 e. The van der Waals surface area contributed by atoms with Crippen LogP contribution in [0.3, 0.4) is 0 Å². The second kappa shape index (κ2) is 9.51. The smallest absolute Gasteiger partial charge is 0.230 e. The van der Waals surface area contributed by atoms with Gasteiger partial charge in [-0.3, -0.25) is 4.79 Å². The third-order valence-corrected chi connectivity index (χ3v) is 6.47. The first-order valence-corrected chi connectivity index (χ1v) is 11.5. The van der Waals surface area contributed by atoms with Gasteiger partial charge in [0, 0.05) is 43.0 Å². The van der Waals surface area contributed by atoms with Crippen LogP contribution < -0.4 is 4.90 Å². The lowest BCUT2D eigenvalue weighted by atomic mass is 9.95. The van der Waals surface area contributed by atoms with Crippen molar-refractivity contribution in [3.63, 3.8) is 0 Å². The number of amides is 1. The molecule has 0 spiro atoms. The first kappa shape index (κ1) is 22.0. The number of aromatic nitrogens is 2. The van der Waals surface area contributed by atoms with E-state index in [1.165, 1.54) is 5.56 Å². The molecule has 5 heteroatoms. The van der Waals surface area contributed by atoms with Crippen molar-refractivity contribution in [2.45, 2.75) is 40.0 Å². The number of carbonyl (C=O) groups is 1. The Morgan fingerprint density at radius 2 is 1.56 bits per heavy atom. The van der Waals surface area contributed by atoms with Gasteiger partial charge in [0.25, 0.3) is 0 Å². The molecule has 1 aliphatic rings. The number of carbonyl (C=O) groups excluding carboxylic acids is 1. The number of hydrogen-bond acceptors (Lipinski definition) is 4. The van der Waals surface area contributed by atoms with Gasteiger partial charge in [0.2, 0.25) is 5.91 Å². The summed E-state index contributed by atoms with van der Waals surface area (Å²) >= 11 is 0. The van der Waals surface area contributed by atoms with Crippen LogP contribution in [0.5, 0.6) is 0 Å². The maximum atomic E-state index is 13.2. The van der Waals surface area contributed by atoms with E-state index in [1.54, 1.807) is 0 Å². The van der Waals surface area contributed by atoms with Gasteiger partial charge in [-0.15, -0.1) is 0 Å². The van der Waals surface area contributed by atoms with Gasteiger partial charge in [-0.2, -0.15) is 0 Å². The van der Waals surface area contributed by atoms with Gasteiger partial charge in [0.1, 0.15) is 5.82 Å². The fourth-order valence-electron chi connectivity index (χ4n) is 4.35. The van der Waals surface area contributed by atoms with Crippen molar-refractivity contribution < 1.29 is 4.79 Å². The van der Waals surface area contributed by atoms with E-state index in [4.69, 9.17) is 9.97 Å². The second-order valence-corrected chi connectivity index (χ2v) is 8.63. The van der Waals surface area contributed by atoms with Crippen LogP contribution in [0.2, 0.25) is 0 Å². The highest BCUT2D eigenvalue weighted by Crippen LogP contribution is 2.27. The monoisotopic (exact) mass is 428 g/mol. The molecular formula is C27H32N4O. The lowest BCUT2D eigenvalue weighted by molar-refractivity contribution is -0.133. The Labute approximate surface area is 191 Å². The van der Waals surface area contributed by atoms with Crippen molar-refractivity contribution in [2.75, 3.05) is 31.1 Å². The van der Waals surface area contributed by atoms with Crippen molar-refractivity contribution in [2.24, 2.45) is 0 Å². The SMILES string of the molecule is CC[C@H](C(=O)N1CCN(c2nc(-c3ccc(C)cc3)nc(C)c2C)CC1)c1ccccc1. The number of benzene rings is 2. The van der Waals surface area contributed by atoms with Crippen molar-refractivity contribution in [3.8, 4) is 11.4 Å². The highest BCUT2D eigenvalue weighted by molar-refractivity contribution is 5.84. The summed E-state index contributed by atoms with van der Waals surface area (Å²) in [6.45, 7) is 11.3. The van der Waals surface area contributed by atoms with Crippen LogP contribution in [0.1, 0.15) is 41.6 Å². The molecule has 0 saturated carbocycles. The molecular weight excluding hydrogens is 396 g/mol. The third kappa shape index (κ3) is 4.52. The zero-order valence-corrected chi connectivity index (χ0v) is 19.5. The molecule has 3 aromatic rings. The fraction of sp³-hybridized carbons (Fsp3) is 0.370. The molecule has 0 radical (unpaired) electrons. The molecule has 0 unspecified atom stereocenters. The summed E-state index contributed by atoms with van der Waals surface area (Å²) in [5.74, 6) is 1.90. The van der Waals surface area contributed by atoms with Gasteiger partial charge in [0.15, 0.2) is 5.82 Å². The summed E-state index contributed by atoms with van der Waals surface area (Å²) < 4.78 is 0. The van der Waals surface area contributed by atoms with Gasteiger partial charge in [-0.05, 0) is 32.8 Å². The zero-order valence-electron chi connectivity index (χ0n) is 19.5. The van der Waals surface area contributed by atoms with E-state index in [1.807, 2.05) is 30.0 Å². The van der Waals surface area contributed by atoms with Gasteiger partial charge in [0.05, 0.1) is 5.92 Å². The van der Waals surface area contributed by atoms with E-state index < -0.39 is 0 Å². The van der Waals surface area contributed by atoms with Crippen LogP contribution in [0, 0.1) is 20.8 Å². The average molecular weight is 429 g/mol. The summed E-state index contributed by atoms with van der Waals surface area (Å²) in [4.78, 5) is 27.2. The molecule has 1 aromatic heterocycles. The van der Waals surface area contributed by atoms with Crippen molar-refractivity contribution >= 4 is 11.7 Å². The molecule has 5 nitrogen and oxygen atoms in total. The van der Waals surface area contributed by atoms with Crippen LogP contribution in [0.25, 0.3) is 11.4 Å². The topological polar surface area (TPSA) is 49.3 Å². The zero-order chi connectivity index (χ0) is 22.7. The molecule has 1 saturated heterocycles. The minimum absolute atomic E-state index is 0.0704. The van der Waals surface area contributed by atoms with E-state index in [0.29, 0.717) is 13.1 Å². The number of nitrogens with zero attached hydrogens (tertiary/aromatic N) is 4. The summed E-state index contributed by atoms with van der Waals surface area (Å²) in [5.41, 5.74) is 5.46. The molecule has 4 rings (SSSR count). The van der Waals surface area contributed by atoms with Gasteiger partial charge in [-0.1, -0.05) is 67.1 Å². The van der Waals surface area contributed by atoms with Crippen LogP contribution in [0.15, 0.2) is 54.6 Å². The molecule has 32 heavy (non-hydrogen) atoms. The Balaban J connectivity index is 1.50. The Hall–Kier alpha value is -3.21. The molecule has 2 aromatic carbocycles. The standard InChI is InChI=1S/C27H32N4O/c1-5-24(22-9-7-6-8-10-22)27(32)31-17-15-30(16-18-31)26-20(3)21(4)28-25(29-26)23-13-11-19(2)12-14-23/h6-14,24H,5,15-18H2,1-4H3/t24-/m0/s1. The van der Waals surface area contributed by atoms with Crippen molar-refractivity contribution in [1.29, 1.82) is 0 Å². The van der Waals surface area contributed by atoms with E-state index in [-0.39, 0.29) is 11.8 Å². The number of piperazine rings is 1. The molecule has 1 fully saturated rings. The Morgan fingerprint density at radius 1 is 0.906 bits per heavy atom. The first-order valence-electron chi connectivity index (χ1n) is 11.5. The van der Waals surface area contributed by atoms with E-state index >= 15 is 0 Å². The van der Waals surface area contributed by atoms with Crippen molar-refractivity contribution in [3.05, 3.63) is 77.0 Å². The quantitative estimate of drug-likeness (QED) is 0.579. The van der Waals surface area contributed by atoms with Crippen LogP contribution >= 0.6 is 0 Å². The summed E-state index contributed by atoms with van der Waals surface area (Å²) in [6.07, 6.45) is 0.813. The Kier molecular flexibility index (Phi) is 6.54. The summed E-state index contributed by atoms with van der Waals surface area (Å²) in [5, 5.41) is 0. The average Bonchev–Trinajstić information content (AvgIpc) is 2.82. The lowest BCUT2D eigenvalue weighted by Crippen LogP contribution is -2.50. The van der Waals surface area contributed by atoms with Crippen LogP contribution in [-0.2, 0) is 4.79 Å². The lowest BCUT2D eigenvalue weighted by Gasteiger charge is -2.37. The first-order chi connectivity index (χ1) is 15.5. The molecule has 1 aliphatic heterocycles. The summed E-state index contributed by atoms with van der Waals surface area (Å²) in [6, 6.07) is 18.5. The number of hydrogen-bond donors (Lipinski definition) is 0. The second-order valence-electron chi connectivity index (χ2n) is 8.63. The molecule has 0 aliphatic carbocycles. The summed E-state index contributed by atoms with van der Waals surface area (Å²) in [7, 11) is 0. The maximum Gasteiger partial charge on any atom is 0.230 e. The van der Waals surface area contributed by atoms with E-state index in [0.717, 1.165) is 53.5 Å². The normalized spacial score (nSPS) is 15.0. The van der Waals surface area contributed by atoms with Crippen LogP contribution in [-0.4, -0.2) is 47.0 Å². The van der Waals surface area contributed by atoms with Gasteiger partial charge >= 0.3 is 0 Å². The highest BCUT2D eigenvalue weighted by Gasteiger charge is 2.28. The predicted molar refractivity (Wildman–Crippen MR) is 130 cm³/mol. The minimum atomic E-state index is -0.0704. The predicted octanol–water partition coefficient (Wildman–Crippen LogP) is 4.91. The number of aryl methyl sites for hydroxylation is 2.